The molecule has 3 rings (SSSR count). The van der Waals surface area contributed by atoms with Gasteiger partial charge in [-0.15, -0.1) is 12.4 Å². The largest absolute Gasteiger partial charge is 0.484 e. The van der Waals surface area contributed by atoms with Crippen molar-refractivity contribution >= 4 is 30.0 Å². The van der Waals surface area contributed by atoms with E-state index in [2.05, 4.69) is 4.98 Å². The van der Waals surface area contributed by atoms with Crippen molar-refractivity contribution in [2.24, 2.45) is 0 Å². The Bertz CT molecular complexity index is 948. The molecule has 0 bridgehead atoms. The van der Waals surface area contributed by atoms with Gasteiger partial charge in [-0.1, -0.05) is 48.9 Å². The molecule has 0 saturated carbocycles. The Balaban J connectivity index is 0.00000320. The summed E-state index contributed by atoms with van der Waals surface area (Å²) in [7, 11) is 0. The third kappa shape index (κ3) is 6.48. The molecule has 6 heteroatoms. The van der Waals surface area contributed by atoms with Crippen molar-refractivity contribution in [1.82, 2.24) is 4.98 Å². The van der Waals surface area contributed by atoms with Crippen molar-refractivity contribution in [2.45, 2.75) is 32.3 Å². The molecule has 0 saturated heterocycles. The normalized spacial score (nSPS) is 12.4. The van der Waals surface area contributed by atoms with Crippen molar-refractivity contribution in [1.29, 1.82) is 0 Å². The van der Waals surface area contributed by atoms with Crippen LogP contribution in [0.4, 0.5) is 0 Å². The fourth-order valence-corrected chi connectivity index (χ4v) is 2.95. The molecule has 0 aliphatic rings. The number of para-hydroxylation sites is 1. The zero-order valence-corrected chi connectivity index (χ0v) is 18.6. The van der Waals surface area contributed by atoms with Crippen molar-refractivity contribution in [3.8, 4) is 5.75 Å². The summed E-state index contributed by atoms with van der Waals surface area (Å²) < 4.78 is 11.9. The monoisotopic (exact) mass is 445 g/mol. The van der Waals surface area contributed by atoms with Gasteiger partial charge in [0.05, 0.1) is 5.56 Å². The van der Waals surface area contributed by atoms with Crippen LogP contribution in [0.3, 0.4) is 0 Å². The fourth-order valence-electron chi connectivity index (χ4n) is 2.83. The number of carbonyl (C=O) groups is 1. The molecule has 0 radical (unpaired) electrons. The van der Waals surface area contributed by atoms with Gasteiger partial charge in [0.25, 0.3) is 0 Å². The minimum absolute atomic E-state index is 0. The summed E-state index contributed by atoms with van der Waals surface area (Å²) in [4.78, 5) is 16.2. The predicted molar refractivity (Wildman–Crippen MR) is 122 cm³/mol. The number of benzene rings is 2. The lowest BCUT2D eigenvalue weighted by Gasteiger charge is -2.30. The first kappa shape index (κ1) is 23.7. The fraction of sp³-hybridized carbons (Fsp3) is 0.250. The maximum atomic E-state index is 12.3. The summed E-state index contributed by atoms with van der Waals surface area (Å²) >= 11 is 5.99. The van der Waals surface area contributed by atoms with Gasteiger partial charge in [-0.05, 0) is 54.8 Å². The molecular weight excluding hydrogens is 421 g/mol. The van der Waals surface area contributed by atoms with Gasteiger partial charge >= 0.3 is 5.97 Å². The molecule has 2 aromatic carbocycles. The van der Waals surface area contributed by atoms with Crippen LogP contribution in [0.15, 0.2) is 73.1 Å². The Kier molecular flexibility index (Phi) is 8.70. The Morgan fingerprint density at radius 2 is 1.80 bits per heavy atom. The highest BCUT2D eigenvalue weighted by molar-refractivity contribution is 6.30. The lowest BCUT2D eigenvalue weighted by molar-refractivity contribution is -0.00792. The van der Waals surface area contributed by atoms with Crippen molar-refractivity contribution in [3.05, 3.63) is 94.8 Å². The second-order valence-corrected chi connectivity index (χ2v) is 7.57. The number of halogens is 2. The first-order valence-electron chi connectivity index (χ1n) is 9.57. The molecule has 1 unspecified atom stereocenters. The molecule has 0 aliphatic carbocycles. The van der Waals surface area contributed by atoms with Crippen LogP contribution in [0, 0.1) is 0 Å². The van der Waals surface area contributed by atoms with E-state index in [1.165, 1.54) is 6.20 Å². The molecule has 1 heterocycles. The summed E-state index contributed by atoms with van der Waals surface area (Å²) in [6, 6.07) is 19.1. The number of ether oxygens (including phenoxy) is 2. The van der Waals surface area contributed by atoms with Gasteiger partial charge in [-0.25, -0.2) is 4.79 Å². The lowest BCUT2D eigenvalue weighted by atomic mass is 10.0. The van der Waals surface area contributed by atoms with Crippen LogP contribution in [0.25, 0.3) is 0 Å². The van der Waals surface area contributed by atoms with Crippen LogP contribution in [0.1, 0.15) is 41.8 Å². The van der Waals surface area contributed by atoms with Crippen LogP contribution in [0.2, 0.25) is 5.02 Å². The predicted octanol–water partition coefficient (Wildman–Crippen LogP) is 6.15. The molecule has 1 aromatic heterocycles. The van der Waals surface area contributed by atoms with Crippen LogP contribution in [0.5, 0.6) is 5.75 Å². The van der Waals surface area contributed by atoms with E-state index < -0.39 is 11.6 Å². The third-order valence-corrected chi connectivity index (χ3v) is 5.04. The Morgan fingerprint density at radius 3 is 2.47 bits per heavy atom. The van der Waals surface area contributed by atoms with E-state index in [4.69, 9.17) is 21.1 Å². The first-order chi connectivity index (χ1) is 14.0. The number of pyridine rings is 1. The van der Waals surface area contributed by atoms with E-state index in [1.54, 1.807) is 18.3 Å². The van der Waals surface area contributed by atoms with Crippen molar-refractivity contribution in [3.63, 3.8) is 0 Å². The van der Waals surface area contributed by atoms with Gasteiger partial charge in [-0.3, -0.25) is 4.98 Å². The third-order valence-electron chi connectivity index (χ3n) is 4.79. The summed E-state index contributed by atoms with van der Waals surface area (Å²) in [5, 5.41) is 0.715. The van der Waals surface area contributed by atoms with Crippen molar-refractivity contribution in [2.75, 3.05) is 6.61 Å². The number of hydrogen-bond donors (Lipinski definition) is 0. The van der Waals surface area contributed by atoms with Crippen LogP contribution < -0.4 is 4.74 Å². The first-order valence-corrected chi connectivity index (χ1v) is 9.95. The average Bonchev–Trinajstić information content (AvgIpc) is 2.75. The van der Waals surface area contributed by atoms with Crippen LogP contribution in [-0.2, 0) is 11.2 Å². The maximum Gasteiger partial charge on any atom is 0.339 e. The molecule has 3 aromatic rings. The molecule has 4 nitrogen and oxygen atoms in total. The van der Waals surface area contributed by atoms with E-state index in [-0.39, 0.29) is 19.0 Å². The highest BCUT2D eigenvalue weighted by Crippen LogP contribution is 2.28. The van der Waals surface area contributed by atoms with E-state index in [0.717, 1.165) is 23.3 Å². The topological polar surface area (TPSA) is 48.4 Å². The number of carbonyl (C=O) groups excluding carboxylic acids is 1. The summed E-state index contributed by atoms with van der Waals surface area (Å²) in [6.07, 6.45) is 4.52. The van der Waals surface area contributed by atoms with Gasteiger partial charge in [0, 0.05) is 23.8 Å². The van der Waals surface area contributed by atoms with E-state index in [9.17, 15) is 4.79 Å². The standard InChI is InChI=1S/C24H24ClNO3.ClH/c1-3-24(2,17-28-23(27)20-8-6-14-26-16-20)29-22-9-5-4-7-19(22)15-18-10-12-21(25)13-11-18;/h4-14,16H,3,15,17H2,1-2H3;1H. The summed E-state index contributed by atoms with van der Waals surface area (Å²) in [6.45, 7) is 4.11. The Morgan fingerprint density at radius 1 is 1.07 bits per heavy atom. The number of aromatic nitrogens is 1. The quantitative estimate of drug-likeness (QED) is 0.390. The van der Waals surface area contributed by atoms with E-state index >= 15 is 0 Å². The second-order valence-electron chi connectivity index (χ2n) is 7.13. The van der Waals surface area contributed by atoms with Gasteiger partial charge in [0.15, 0.2) is 0 Å². The molecule has 0 fully saturated rings. The molecule has 0 aliphatic heterocycles. The molecule has 0 spiro atoms. The summed E-state index contributed by atoms with van der Waals surface area (Å²) in [5.74, 6) is 0.375. The zero-order chi connectivity index (χ0) is 20.7. The maximum absolute atomic E-state index is 12.3. The molecule has 30 heavy (non-hydrogen) atoms. The second kappa shape index (κ2) is 11.0. The minimum atomic E-state index is -0.645. The van der Waals surface area contributed by atoms with E-state index in [1.807, 2.05) is 62.4 Å². The number of rotatable bonds is 8. The molecule has 0 amide bonds. The average molecular weight is 446 g/mol. The number of nitrogens with zero attached hydrogens (tertiary/aromatic N) is 1. The molecule has 0 N–H and O–H groups in total. The van der Waals surface area contributed by atoms with Gasteiger partial charge in [0.1, 0.15) is 18.0 Å². The van der Waals surface area contributed by atoms with Crippen LogP contribution >= 0.6 is 24.0 Å². The van der Waals surface area contributed by atoms with Crippen molar-refractivity contribution < 1.29 is 14.3 Å². The van der Waals surface area contributed by atoms with E-state index in [0.29, 0.717) is 17.0 Å². The van der Waals surface area contributed by atoms with Crippen LogP contribution in [-0.4, -0.2) is 23.2 Å². The Hall–Kier alpha value is -2.56. The molecular formula is C24H25Cl2NO3. The molecule has 158 valence electrons. The lowest BCUT2D eigenvalue weighted by Crippen LogP contribution is -2.38. The highest BCUT2D eigenvalue weighted by Gasteiger charge is 2.28. The smallest absolute Gasteiger partial charge is 0.339 e. The Labute approximate surface area is 188 Å². The number of hydrogen-bond acceptors (Lipinski definition) is 4. The zero-order valence-electron chi connectivity index (χ0n) is 17.0. The highest BCUT2D eigenvalue weighted by atomic mass is 35.5. The minimum Gasteiger partial charge on any atom is -0.484 e. The molecule has 1 atom stereocenters. The SMILES string of the molecule is CCC(C)(COC(=O)c1cccnc1)Oc1ccccc1Cc1ccc(Cl)cc1.Cl. The van der Waals surface area contributed by atoms with Gasteiger partial charge in [-0.2, -0.15) is 0 Å². The summed E-state index contributed by atoms with van der Waals surface area (Å²) in [5.41, 5.74) is 1.99. The van der Waals surface area contributed by atoms with Gasteiger partial charge < -0.3 is 9.47 Å². The van der Waals surface area contributed by atoms with Gasteiger partial charge in [0.2, 0.25) is 0 Å². The number of esters is 1.